The lowest BCUT2D eigenvalue weighted by molar-refractivity contribution is -0.169. The van der Waals surface area contributed by atoms with E-state index >= 15 is 0 Å². The molecule has 0 saturated carbocycles. The summed E-state index contributed by atoms with van der Waals surface area (Å²) in [7, 11) is 1.23. The maximum atomic E-state index is 10.7. The van der Waals surface area contributed by atoms with E-state index in [2.05, 4.69) is 9.47 Å². The number of esters is 1. The summed E-state index contributed by atoms with van der Waals surface area (Å²) in [5, 5.41) is 0. The quantitative estimate of drug-likeness (QED) is 0.419. The Morgan fingerprint density at radius 2 is 2.00 bits per heavy atom. The fourth-order valence-electron chi connectivity index (χ4n) is 0.414. The summed E-state index contributed by atoms with van der Waals surface area (Å²) in [6.07, 6.45) is 0. The van der Waals surface area contributed by atoms with Crippen LogP contribution in [0, 0.1) is 0 Å². The third-order valence-electron chi connectivity index (χ3n) is 1.02. The van der Waals surface area contributed by atoms with Crippen LogP contribution in [0.15, 0.2) is 0 Å². The van der Waals surface area contributed by atoms with E-state index in [0.717, 1.165) is 0 Å². The predicted molar refractivity (Wildman–Crippen MR) is 33.2 cm³/mol. The Morgan fingerprint density at radius 3 is 2.30 bits per heavy atom. The van der Waals surface area contributed by atoms with Crippen molar-refractivity contribution in [2.24, 2.45) is 0 Å². The number of carbonyl (C=O) groups is 2. The van der Waals surface area contributed by atoms with Crippen molar-refractivity contribution in [3.8, 4) is 0 Å². The number of carbonyl (C=O) groups excluding carboxylic acids is 2. The highest BCUT2D eigenvalue weighted by Crippen LogP contribution is 2.08. The number of rotatable bonds is 3. The maximum Gasteiger partial charge on any atom is 0.349 e. The van der Waals surface area contributed by atoms with E-state index in [1.165, 1.54) is 21.0 Å². The molecule has 0 bridgehead atoms. The van der Waals surface area contributed by atoms with Gasteiger partial charge in [-0.1, -0.05) is 0 Å². The highest BCUT2D eigenvalue weighted by atomic mass is 16.6. The van der Waals surface area contributed by atoms with Crippen LogP contribution in [0.5, 0.6) is 0 Å². The second-order valence-electron chi connectivity index (χ2n) is 2.22. The number of hydrogen-bond donors (Lipinski definition) is 0. The first kappa shape index (κ1) is 8.94. The molecule has 0 aromatic rings. The maximum absolute atomic E-state index is 10.7. The molecule has 58 valence electrons. The van der Waals surface area contributed by atoms with Crippen LogP contribution < -0.4 is 0 Å². The van der Waals surface area contributed by atoms with Crippen LogP contribution in [-0.4, -0.2) is 25.2 Å². The van der Waals surface area contributed by atoms with Crippen molar-refractivity contribution in [3.05, 3.63) is 0 Å². The molecule has 0 saturated heterocycles. The van der Waals surface area contributed by atoms with Gasteiger partial charge in [0.25, 0.3) is 6.47 Å². The second kappa shape index (κ2) is 3.20. The van der Waals surface area contributed by atoms with Crippen LogP contribution in [0.4, 0.5) is 0 Å². The van der Waals surface area contributed by atoms with Crippen molar-refractivity contribution in [2.75, 3.05) is 7.11 Å². The molecular weight excluding hydrogens is 136 g/mol. The van der Waals surface area contributed by atoms with E-state index in [1.54, 1.807) is 0 Å². The summed E-state index contributed by atoms with van der Waals surface area (Å²) in [5.41, 5.74) is -1.17. The van der Waals surface area contributed by atoms with Gasteiger partial charge in [0, 0.05) is 0 Å². The molecule has 0 amide bonds. The molecule has 10 heavy (non-hydrogen) atoms. The summed E-state index contributed by atoms with van der Waals surface area (Å²) in [6.45, 7) is 3.12. The first-order valence-electron chi connectivity index (χ1n) is 2.74. The molecule has 0 aromatic carbocycles. The van der Waals surface area contributed by atoms with Crippen LogP contribution in [0.25, 0.3) is 0 Å². The van der Waals surface area contributed by atoms with Crippen molar-refractivity contribution < 1.29 is 19.1 Å². The lowest BCUT2D eigenvalue weighted by atomic mass is 10.1. The predicted octanol–water partition coefficient (Wildman–Crippen LogP) is 0.111. The van der Waals surface area contributed by atoms with Gasteiger partial charge in [0.2, 0.25) is 5.60 Å². The van der Waals surface area contributed by atoms with Gasteiger partial charge in [-0.3, -0.25) is 4.79 Å². The second-order valence-corrected chi connectivity index (χ2v) is 2.22. The van der Waals surface area contributed by atoms with Gasteiger partial charge in [-0.2, -0.15) is 0 Å². The van der Waals surface area contributed by atoms with E-state index in [4.69, 9.17) is 0 Å². The Hall–Kier alpha value is -1.06. The third-order valence-corrected chi connectivity index (χ3v) is 1.02. The normalized spacial score (nSPS) is 10.3. The van der Waals surface area contributed by atoms with Gasteiger partial charge in [0.15, 0.2) is 0 Å². The molecule has 0 N–H and O–H groups in total. The van der Waals surface area contributed by atoms with Gasteiger partial charge in [-0.15, -0.1) is 0 Å². The Kier molecular flexibility index (Phi) is 2.86. The first-order chi connectivity index (χ1) is 4.54. The zero-order valence-electron chi connectivity index (χ0n) is 6.21. The molecule has 4 nitrogen and oxygen atoms in total. The number of hydrogen-bond acceptors (Lipinski definition) is 4. The summed E-state index contributed by atoms with van der Waals surface area (Å²) in [4.78, 5) is 20.5. The highest BCUT2D eigenvalue weighted by molar-refractivity contribution is 5.79. The van der Waals surface area contributed by atoms with Gasteiger partial charge in [0.1, 0.15) is 0 Å². The summed E-state index contributed by atoms with van der Waals surface area (Å²) >= 11 is 0. The van der Waals surface area contributed by atoms with Gasteiger partial charge in [0.05, 0.1) is 7.11 Å². The SMILES string of the molecule is COC(=O)C(C)(C)OC=O. The van der Waals surface area contributed by atoms with E-state index in [9.17, 15) is 9.59 Å². The van der Waals surface area contributed by atoms with E-state index in [-0.39, 0.29) is 6.47 Å². The lowest BCUT2D eigenvalue weighted by Gasteiger charge is -2.18. The zero-order chi connectivity index (χ0) is 8.20. The smallest absolute Gasteiger partial charge is 0.349 e. The Morgan fingerprint density at radius 1 is 1.50 bits per heavy atom. The molecule has 0 atom stereocenters. The molecular formula is C6H10O4. The topological polar surface area (TPSA) is 52.6 Å². The van der Waals surface area contributed by atoms with Crippen LogP contribution in [0.3, 0.4) is 0 Å². The Balaban J connectivity index is 4.08. The van der Waals surface area contributed by atoms with Crippen LogP contribution >= 0.6 is 0 Å². The molecule has 0 rings (SSSR count). The van der Waals surface area contributed by atoms with Crippen molar-refractivity contribution in [3.63, 3.8) is 0 Å². The zero-order valence-corrected chi connectivity index (χ0v) is 6.21. The Labute approximate surface area is 59.1 Å². The van der Waals surface area contributed by atoms with Crippen LogP contribution in [-0.2, 0) is 19.1 Å². The molecule has 0 aliphatic heterocycles. The number of ether oxygens (including phenoxy) is 2. The molecule has 0 heterocycles. The standard InChI is InChI=1S/C6H10O4/c1-6(2,10-4-7)5(8)9-3/h4H,1-3H3. The van der Waals surface area contributed by atoms with Crippen LogP contribution in [0.1, 0.15) is 13.8 Å². The minimum atomic E-state index is -1.17. The molecule has 0 aliphatic rings. The third kappa shape index (κ3) is 2.05. The first-order valence-corrected chi connectivity index (χ1v) is 2.74. The summed E-state index contributed by atoms with van der Waals surface area (Å²) in [6, 6.07) is 0. The highest BCUT2D eigenvalue weighted by Gasteiger charge is 2.29. The molecule has 0 aromatic heterocycles. The molecule has 0 spiro atoms. The lowest BCUT2D eigenvalue weighted by Crippen LogP contribution is -2.35. The van der Waals surface area contributed by atoms with E-state index < -0.39 is 11.6 Å². The van der Waals surface area contributed by atoms with Crippen molar-refractivity contribution in [1.82, 2.24) is 0 Å². The monoisotopic (exact) mass is 146 g/mol. The molecule has 0 aliphatic carbocycles. The molecule has 0 radical (unpaired) electrons. The van der Waals surface area contributed by atoms with Gasteiger partial charge >= 0.3 is 5.97 Å². The number of methoxy groups -OCH3 is 1. The average molecular weight is 146 g/mol. The fraction of sp³-hybridized carbons (Fsp3) is 0.667. The minimum Gasteiger partial charge on any atom is -0.466 e. The van der Waals surface area contributed by atoms with Gasteiger partial charge in [-0.05, 0) is 13.8 Å². The van der Waals surface area contributed by atoms with Crippen molar-refractivity contribution in [2.45, 2.75) is 19.4 Å². The molecule has 4 heteroatoms. The summed E-state index contributed by atoms with van der Waals surface area (Å²) in [5.74, 6) is -0.570. The van der Waals surface area contributed by atoms with E-state index in [0.29, 0.717) is 0 Å². The summed E-state index contributed by atoms with van der Waals surface area (Å²) < 4.78 is 8.77. The van der Waals surface area contributed by atoms with Crippen molar-refractivity contribution in [1.29, 1.82) is 0 Å². The van der Waals surface area contributed by atoms with Gasteiger partial charge in [-0.25, -0.2) is 4.79 Å². The van der Waals surface area contributed by atoms with E-state index in [1.807, 2.05) is 0 Å². The van der Waals surface area contributed by atoms with Crippen LogP contribution in [0.2, 0.25) is 0 Å². The van der Waals surface area contributed by atoms with Crippen molar-refractivity contribution >= 4 is 12.4 Å². The average Bonchev–Trinajstić information content (AvgIpc) is 1.86. The van der Waals surface area contributed by atoms with Gasteiger partial charge < -0.3 is 9.47 Å². The Bertz CT molecular complexity index is 139. The molecule has 0 fully saturated rings. The largest absolute Gasteiger partial charge is 0.466 e. The molecule has 0 unspecified atom stereocenters. The minimum absolute atomic E-state index is 0.219. The fourth-order valence-corrected chi connectivity index (χ4v) is 0.414.